The Hall–Kier alpha value is -2.29. The highest BCUT2D eigenvalue weighted by atomic mass is 32.2. The van der Waals surface area contributed by atoms with E-state index in [1.165, 1.54) is 44.5 Å². The highest BCUT2D eigenvalue weighted by Crippen LogP contribution is 2.15. The quantitative estimate of drug-likeness (QED) is 0.806. The highest BCUT2D eigenvalue weighted by molar-refractivity contribution is 7.89. The summed E-state index contributed by atoms with van der Waals surface area (Å²) in [6.07, 6.45) is 0. The molecule has 2 aromatic carbocycles. The van der Waals surface area contributed by atoms with Crippen molar-refractivity contribution in [1.29, 1.82) is 0 Å². The number of halogens is 1. The Bertz CT molecular complexity index is 822. The van der Waals surface area contributed by atoms with E-state index in [9.17, 15) is 17.6 Å². The first-order valence-electron chi connectivity index (χ1n) is 7.01. The summed E-state index contributed by atoms with van der Waals surface area (Å²) in [5.74, 6) is -0.829. The van der Waals surface area contributed by atoms with Crippen molar-refractivity contribution in [3.63, 3.8) is 0 Å². The van der Waals surface area contributed by atoms with E-state index in [4.69, 9.17) is 0 Å². The molecule has 0 aliphatic rings. The predicted molar refractivity (Wildman–Crippen MR) is 86.0 cm³/mol. The SMILES string of the molecule is CON(C)S(=O)(=O)c1ccc(C(=O)NCc2ccccc2F)cc1. The van der Waals surface area contributed by atoms with Crippen LogP contribution in [-0.2, 0) is 21.4 Å². The summed E-state index contributed by atoms with van der Waals surface area (Å²) in [6, 6.07) is 11.5. The number of benzene rings is 2. The standard InChI is InChI=1S/C16H17FN2O4S/c1-19(23-2)24(21,22)14-9-7-12(8-10-14)16(20)18-11-13-5-3-4-6-15(13)17/h3-10H,11H2,1-2H3,(H,18,20). The summed E-state index contributed by atoms with van der Waals surface area (Å²) in [5, 5.41) is 2.58. The molecule has 0 fully saturated rings. The lowest BCUT2D eigenvalue weighted by atomic mass is 10.2. The lowest BCUT2D eigenvalue weighted by Crippen LogP contribution is -2.26. The number of hydrogen-bond acceptors (Lipinski definition) is 4. The molecular weight excluding hydrogens is 335 g/mol. The molecule has 1 N–H and O–H groups in total. The van der Waals surface area contributed by atoms with Crippen LogP contribution in [0.2, 0.25) is 0 Å². The topological polar surface area (TPSA) is 75.7 Å². The first-order valence-corrected chi connectivity index (χ1v) is 8.45. The number of nitrogens with zero attached hydrogens (tertiary/aromatic N) is 1. The van der Waals surface area contributed by atoms with Crippen molar-refractivity contribution in [1.82, 2.24) is 9.79 Å². The van der Waals surface area contributed by atoms with E-state index < -0.39 is 21.7 Å². The lowest BCUT2D eigenvalue weighted by Gasteiger charge is -2.14. The molecule has 0 saturated carbocycles. The average Bonchev–Trinajstić information content (AvgIpc) is 2.60. The molecule has 0 atom stereocenters. The van der Waals surface area contributed by atoms with Crippen molar-refractivity contribution < 1.29 is 22.4 Å². The van der Waals surface area contributed by atoms with Crippen LogP contribution in [0.3, 0.4) is 0 Å². The lowest BCUT2D eigenvalue weighted by molar-refractivity contribution is -0.0258. The second kappa shape index (κ2) is 7.52. The zero-order valence-electron chi connectivity index (χ0n) is 13.2. The summed E-state index contributed by atoms with van der Waals surface area (Å²) in [5.41, 5.74) is 0.636. The molecule has 0 saturated heterocycles. The number of rotatable bonds is 6. The van der Waals surface area contributed by atoms with Gasteiger partial charge in [0.15, 0.2) is 0 Å². The summed E-state index contributed by atoms with van der Waals surface area (Å²) in [4.78, 5) is 16.7. The van der Waals surface area contributed by atoms with Crippen molar-refractivity contribution in [3.05, 3.63) is 65.5 Å². The van der Waals surface area contributed by atoms with E-state index in [0.717, 1.165) is 4.47 Å². The molecule has 0 bridgehead atoms. The predicted octanol–water partition coefficient (Wildman–Crippen LogP) is 1.94. The van der Waals surface area contributed by atoms with E-state index in [2.05, 4.69) is 10.2 Å². The van der Waals surface area contributed by atoms with Crippen LogP contribution in [0.1, 0.15) is 15.9 Å². The molecule has 2 rings (SSSR count). The first kappa shape index (κ1) is 18.1. The summed E-state index contributed by atoms with van der Waals surface area (Å²) < 4.78 is 38.3. The second-order valence-electron chi connectivity index (χ2n) is 4.90. The minimum atomic E-state index is -3.76. The van der Waals surface area contributed by atoms with Gasteiger partial charge < -0.3 is 5.32 Å². The number of amides is 1. The molecule has 128 valence electrons. The fraction of sp³-hybridized carbons (Fsp3) is 0.188. The molecular formula is C16H17FN2O4S. The maximum Gasteiger partial charge on any atom is 0.264 e. The van der Waals surface area contributed by atoms with Gasteiger partial charge in [0.05, 0.1) is 12.0 Å². The van der Waals surface area contributed by atoms with E-state index in [-0.39, 0.29) is 17.0 Å². The smallest absolute Gasteiger partial charge is 0.264 e. The zero-order valence-corrected chi connectivity index (χ0v) is 14.0. The van der Waals surface area contributed by atoms with Gasteiger partial charge in [0, 0.05) is 24.7 Å². The Morgan fingerprint density at radius 3 is 2.38 bits per heavy atom. The van der Waals surface area contributed by atoms with Crippen LogP contribution in [0, 0.1) is 5.82 Å². The van der Waals surface area contributed by atoms with Crippen LogP contribution in [0.5, 0.6) is 0 Å². The molecule has 0 spiro atoms. The Morgan fingerprint density at radius 2 is 1.79 bits per heavy atom. The molecule has 0 radical (unpaired) electrons. The Kier molecular flexibility index (Phi) is 5.66. The minimum Gasteiger partial charge on any atom is -0.348 e. The van der Waals surface area contributed by atoms with Gasteiger partial charge in [0.25, 0.3) is 15.9 Å². The third kappa shape index (κ3) is 3.97. The summed E-state index contributed by atoms with van der Waals surface area (Å²) in [7, 11) is -1.26. The summed E-state index contributed by atoms with van der Waals surface area (Å²) in [6.45, 7) is 0.0397. The molecule has 24 heavy (non-hydrogen) atoms. The molecule has 0 unspecified atom stereocenters. The molecule has 0 aliphatic heterocycles. The zero-order chi connectivity index (χ0) is 17.7. The van der Waals surface area contributed by atoms with Gasteiger partial charge in [-0.25, -0.2) is 12.8 Å². The van der Waals surface area contributed by atoms with Crippen molar-refractivity contribution >= 4 is 15.9 Å². The number of hydroxylamine groups is 1. The molecule has 0 aliphatic carbocycles. The van der Waals surface area contributed by atoms with Crippen molar-refractivity contribution in [2.45, 2.75) is 11.4 Å². The number of sulfonamides is 1. The van der Waals surface area contributed by atoms with Crippen molar-refractivity contribution in [2.75, 3.05) is 14.2 Å². The van der Waals surface area contributed by atoms with Crippen LogP contribution in [0.15, 0.2) is 53.4 Å². The Labute approximate surface area is 139 Å². The second-order valence-corrected chi connectivity index (χ2v) is 6.83. The molecule has 0 heterocycles. The molecule has 1 amide bonds. The highest BCUT2D eigenvalue weighted by Gasteiger charge is 2.20. The molecule has 2 aromatic rings. The van der Waals surface area contributed by atoms with E-state index in [1.54, 1.807) is 18.2 Å². The van der Waals surface area contributed by atoms with E-state index in [0.29, 0.717) is 5.56 Å². The Balaban J connectivity index is 2.08. The number of hydrogen-bond donors (Lipinski definition) is 1. The van der Waals surface area contributed by atoms with Gasteiger partial charge in [0.2, 0.25) is 0 Å². The van der Waals surface area contributed by atoms with Crippen molar-refractivity contribution in [2.24, 2.45) is 0 Å². The fourth-order valence-corrected chi connectivity index (χ4v) is 2.92. The van der Waals surface area contributed by atoms with Gasteiger partial charge in [-0.2, -0.15) is 0 Å². The monoisotopic (exact) mass is 352 g/mol. The van der Waals surface area contributed by atoms with Gasteiger partial charge in [-0.05, 0) is 30.3 Å². The third-order valence-corrected chi connectivity index (χ3v) is 5.10. The van der Waals surface area contributed by atoms with Gasteiger partial charge in [-0.3, -0.25) is 9.63 Å². The fourth-order valence-electron chi connectivity index (χ4n) is 1.94. The van der Waals surface area contributed by atoms with Crippen LogP contribution in [0.25, 0.3) is 0 Å². The van der Waals surface area contributed by atoms with E-state index >= 15 is 0 Å². The molecule has 0 aromatic heterocycles. The molecule has 8 heteroatoms. The van der Waals surface area contributed by atoms with Gasteiger partial charge in [-0.1, -0.05) is 22.7 Å². The van der Waals surface area contributed by atoms with Crippen molar-refractivity contribution in [3.8, 4) is 0 Å². The van der Waals surface area contributed by atoms with E-state index in [1.807, 2.05) is 0 Å². The largest absolute Gasteiger partial charge is 0.348 e. The maximum atomic E-state index is 13.5. The normalized spacial score (nSPS) is 11.5. The maximum absolute atomic E-state index is 13.5. The van der Waals surface area contributed by atoms with Gasteiger partial charge >= 0.3 is 0 Å². The number of nitrogens with one attached hydrogen (secondary N) is 1. The van der Waals surface area contributed by atoms with Gasteiger partial charge in [0.1, 0.15) is 5.82 Å². The molecule has 6 nitrogen and oxygen atoms in total. The van der Waals surface area contributed by atoms with Crippen LogP contribution in [-0.4, -0.2) is 33.0 Å². The third-order valence-electron chi connectivity index (χ3n) is 3.41. The Morgan fingerprint density at radius 1 is 1.17 bits per heavy atom. The van der Waals surface area contributed by atoms with Crippen LogP contribution < -0.4 is 5.32 Å². The summed E-state index contributed by atoms with van der Waals surface area (Å²) >= 11 is 0. The van der Waals surface area contributed by atoms with Crippen LogP contribution in [0.4, 0.5) is 4.39 Å². The van der Waals surface area contributed by atoms with Gasteiger partial charge in [-0.15, -0.1) is 0 Å². The van der Waals surface area contributed by atoms with Crippen LogP contribution >= 0.6 is 0 Å². The number of carbonyl (C=O) groups is 1. The average molecular weight is 352 g/mol. The number of carbonyl (C=O) groups excluding carboxylic acids is 1. The minimum absolute atomic E-state index is 0.00231. The first-order chi connectivity index (χ1) is 11.4.